The monoisotopic (exact) mass is 287 g/mol. The largest absolute Gasteiger partial charge is 0.478 e. The van der Waals surface area contributed by atoms with Crippen LogP contribution in [-0.4, -0.2) is 17.0 Å². The first kappa shape index (κ1) is 15.3. The van der Waals surface area contributed by atoms with Crippen LogP contribution < -0.4 is 5.32 Å². The maximum atomic E-state index is 12.4. The number of amides is 1. The van der Waals surface area contributed by atoms with Crippen LogP contribution in [0.25, 0.3) is 6.08 Å². The molecule has 1 fully saturated rings. The minimum absolute atomic E-state index is 0.0544. The molecular formula is C17H21NO3. The molecule has 1 aromatic rings. The third-order valence-electron chi connectivity index (χ3n) is 4.03. The molecule has 4 nitrogen and oxygen atoms in total. The number of aliphatic carboxylic acids is 1. The summed E-state index contributed by atoms with van der Waals surface area (Å²) in [6, 6.07) is 5.57. The molecule has 0 bridgehead atoms. The Morgan fingerprint density at radius 1 is 1.24 bits per heavy atom. The van der Waals surface area contributed by atoms with Crippen molar-refractivity contribution in [2.75, 3.05) is 5.32 Å². The molecule has 0 saturated heterocycles. The lowest BCUT2D eigenvalue weighted by Crippen LogP contribution is -2.30. The molecule has 1 saturated carbocycles. The molecule has 2 N–H and O–H groups in total. The standard InChI is InChI=1S/C17H21NO3/c1-12-9-13(5-6-15(19)20)11-14(10-12)18-16(21)17(2)7-3-4-8-17/h5-6,9-11H,3-4,7-8H2,1-2H3,(H,18,21)(H,19,20)/b6-5+. The highest BCUT2D eigenvalue weighted by molar-refractivity contribution is 5.95. The molecule has 0 radical (unpaired) electrons. The Labute approximate surface area is 124 Å². The Hall–Kier alpha value is -2.10. The zero-order valence-electron chi connectivity index (χ0n) is 12.5. The van der Waals surface area contributed by atoms with E-state index < -0.39 is 5.97 Å². The van der Waals surface area contributed by atoms with E-state index in [4.69, 9.17) is 5.11 Å². The lowest BCUT2D eigenvalue weighted by Gasteiger charge is -2.22. The fourth-order valence-electron chi connectivity index (χ4n) is 2.81. The summed E-state index contributed by atoms with van der Waals surface area (Å²) < 4.78 is 0. The number of hydrogen-bond donors (Lipinski definition) is 2. The number of carbonyl (C=O) groups is 2. The van der Waals surface area contributed by atoms with Crippen molar-refractivity contribution in [1.82, 2.24) is 0 Å². The van der Waals surface area contributed by atoms with Gasteiger partial charge in [0.15, 0.2) is 0 Å². The average Bonchev–Trinajstić information content (AvgIpc) is 2.84. The number of carboxylic acids is 1. The SMILES string of the molecule is Cc1cc(/C=C/C(=O)O)cc(NC(=O)C2(C)CCCC2)c1. The maximum Gasteiger partial charge on any atom is 0.328 e. The van der Waals surface area contributed by atoms with Crippen molar-refractivity contribution >= 4 is 23.6 Å². The van der Waals surface area contributed by atoms with Crippen LogP contribution in [0.2, 0.25) is 0 Å². The lowest BCUT2D eigenvalue weighted by molar-refractivity contribution is -0.131. The topological polar surface area (TPSA) is 66.4 Å². The molecule has 0 aliphatic heterocycles. The van der Waals surface area contributed by atoms with Gasteiger partial charge in [-0.3, -0.25) is 4.79 Å². The van der Waals surface area contributed by atoms with Gasteiger partial charge in [0.1, 0.15) is 0 Å². The van der Waals surface area contributed by atoms with Gasteiger partial charge in [0.05, 0.1) is 0 Å². The molecule has 0 atom stereocenters. The van der Waals surface area contributed by atoms with Crippen LogP contribution in [0.4, 0.5) is 5.69 Å². The normalized spacial score (nSPS) is 17.0. The molecule has 0 aromatic heterocycles. The number of benzene rings is 1. The Morgan fingerprint density at radius 2 is 1.90 bits per heavy atom. The predicted octanol–water partition coefficient (Wildman–Crippen LogP) is 3.61. The van der Waals surface area contributed by atoms with E-state index in [1.807, 2.05) is 26.0 Å². The zero-order chi connectivity index (χ0) is 15.5. The quantitative estimate of drug-likeness (QED) is 0.831. The summed E-state index contributed by atoms with van der Waals surface area (Å²) in [5.41, 5.74) is 2.19. The molecular weight excluding hydrogens is 266 g/mol. The molecule has 1 aliphatic rings. The average molecular weight is 287 g/mol. The highest BCUT2D eigenvalue weighted by Crippen LogP contribution is 2.38. The van der Waals surface area contributed by atoms with Crippen molar-refractivity contribution in [2.45, 2.75) is 39.5 Å². The maximum absolute atomic E-state index is 12.4. The summed E-state index contributed by atoms with van der Waals surface area (Å²) >= 11 is 0. The summed E-state index contributed by atoms with van der Waals surface area (Å²) in [5.74, 6) is -0.931. The van der Waals surface area contributed by atoms with Crippen LogP contribution in [0.1, 0.15) is 43.7 Å². The third kappa shape index (κ3) is 3.94. The first-order valence-corrected chi connectivity index (χ1v) is 7.23. The summed E-state index contributed by atoms with van der Waals surface area (Å²) in [4.78, 5) is 23.0. The Bertz CT molecular complexity index is 584. The first-order valence-electron chi connectivity index (χ1n) is 7.23. The van der Waals surface area contributed by atoms with Crippen molar-refractivity contribution in [3.63, 3.8) is 0 Å². The van der Waals surface area contributed by atoms with E-state index in [0.717, 1.165) is 48.6 Å². The summed E-state index contributed by atoms with van der Waals surface area (Å²) in [6.45, 7) is 3.93. The van der Waals surface area contributed by atoms with Crippen molar-refractivity contribution < 1.29 is 14.7 Å². The minimum Gasteiger partial charge on any atom is -0.478 e. The van der Waals surface area contributed by atoms with Gasteiger partial charge in [0, 0.05) is 17.2 Å². The number of rotatable bonds is 4. The Morgan fingerprint density at radius 3 is 2.52 bits per heavy atom. The number of carbonyl (C=O) groups excluding carboxylic acids is 1. The van der Waals surface area contributed by atoms with E-state index in [1.165, 1.54) is 6.08 Å². The lowest BCUT2D eigenvalue weighted by atomic mass is 9.87. The molecule has 1 aromatic carbocycles. The van der Waals surface area contributed by atoms with Crippen LogP contribution in [0.5, 0.6) is 0 Å². The van der Waals surface area contributed by atoms with E-state index in [-0.39, 0.29) is 11.3 Å². The van der Waals surface area contributed by atoms with Gasteiger partial charge in [-0.1, -0.05) is 25.8 Å². The van der Waals surface area contributed by atoms with E-state index in [0.29, 0.717) is 0 Å². The van der Waals surface area contributed by atoms with Gasteiger partial charge < -0.3 is 10.4 Å². The number of aryl methyl sites for hydroxylation is 1. The fourth-order valence-corrected chi connectivity index (χ4v) is 2.81. The highest BCUT2D eigenvalue weighted by Gasteiger charge is 2.36. The van der Waals surface area contributed by atoms with E-state index in [1.54, 1.807) is 6.07 Å². The van der Waals surface area contributed by atoms with Gasteiger partial charge in [-0.25, -0.2) is 4.79 Å². The van der Waals surface area contributed by atoms with Crippen LogP contribution in [0.3, 0.4) is 0 Å². The zero-order valence-corrected chi connectivity index (χ0v) is 12.5. The van der Waals surface area contributed by atoms with Gasteiger partial charge >= 0.3 is 5.97 Å². The van der Waals surface area contributed by atoms with E-state index in [2.05, 4.69) is 5.32 Å². The van der Waals surface area contributed by atoms with Crippen molar-refractivity contribution in [3.8, 4) is 0 Å². The van der Waals surface area contributed by atoms with E-state index >= 15 is 0 Å². The number of anilines is 1. The molecule has 0 heterocycles. The smallest absolute Gasteiger partial charge is 0.328 e. The van der Waals surface area contributed by atoms with Crippen LogP contribution in [0.15, 0.2) is 24.3 Å². The Kier molecular flexibility index (Phi) is 4.46. The van der Waals surface area contributed by atoms with E-state index in [9.17, 15) is 9.59 Å². The Balaban J connectivity index is 2.16. The minimum atomic E-state index is -0.986. The number of hydrogen-bond acceptors (Lipinski definition) is 2. The molecule has 1 aliphatic carbocycles. The van der Waals surface area contributed by atoms with Crippen LogP contribution in [0, 0.1) is 12.3 Å². The van der Waals surface area contributed by atoms with Crippen molar-refractivity contribution in [1.29, 1.82) is 0 Å². The van der Waals surface area contributed by atoms with Gasteiger partial charge in [-0.2, -0.15) is 0 Å². The molecule has 0 unspecified atom stereocenters. The molecule has 112 valence electrons. The summed E-state index contributed by atoms with van der Waals surface area (Å²) in [6.07, 6.45) is 6.68. The van der Waals surface area contributed by atoms with Gasteiger partial charge in [0.2, 0.25) is 5.91 Å². The number of carboxylic acid groups (broad SMARTS) is 1. The highest BCUT2D eigenvalue weighted by atomic mass is 16.4. The third-order valence-corrected chi connectivity index (χ3v) is 4.03. The van der Waals surface area contributed by atoms with Crippen LogP contribution in [-0.2, 0) is 9.59 Å². The van der Waals surface area contributed by atoms with Crippen molar-refractivity contribution in [3.05, 3.63) is 35.4 Å². The molecule has 0 spiro atoms. The fraction of sp³-hybridized carbons (Fsp3) is 0.412. The van der Waals surface area contributed by atoms with Gasteiger partial charge in [0.25, 0.3) is 0 Å². The second-order valence-corrected chi connectivity index (χ2v) is 6.03. The van der Waals surface area contributed by atoms with Crippen LogP contribution >= 0.6 is 0 Å². The first-order chi connectivity index (χ1) is 9.89. The molecule has 21 heavy (non-hydrogen) atoms. The second-order valence-electron chi connectivity index (χ2n) is 6.03. The van der Waals surface area contributed by atoms with Gasteiger partial charge in [-0.15, -0.1) is 0 Å². The van der Waals surface area contributed by atoms with Crippen molar-refractivity contribution in [2.24, 2.45) is 5.41 Å². The predicted molar refractivity (Wildman–Crippen MR) is 83.1 cm³/mol. The second kappa shape index (κ2) is 6.12. The molecule has 2 rings (SSSR count). The molecule has 4 heteroatoms. The summed E-state index contributed by atoms with van der Waals surface area (Å²) in [7, 11) is 0. The summed E-state index contributed by atoms with van der Waals surface area (Å²) in [5, 5.41) is 11.7. The number of nitrogens with one attached hydrogen (secondary N) is 1. The molecule has 1 amide bonds. The van der Waals surface area contributed by atoms with Gasteiger partial charge in [-0.05, 0) is 49.1 Å².